The number of anilines is 1. The van der Waals surface area contributed by atoms with E-state index >= 15 is 0 Å². The Hall–Kier alpha value is -1.56. The summed E-state index contributed by atoms with van der Waals surface area (Å²) in [6.07, 6.45) is 0. The van der Waals surface area contributed by atoms with Crippen LogP contribution in [0.3, 0.4) is 0 Å². The summed E-state index contributed by atoms with van der Waals surface area (Å²) in [4.78, 5) is 13.8. The fraction of sp³-hybridized carbons (Fsp3) is 0.417. The second kappa shape index (κ2) is 4.61. The molecule has 1 aromatic carbocycles. The van der Waals surface area contributed by atoms with Gasteiger partial charge in [-0.3, -0.25) is 4.79 Å². The summed E-state index contributed by atoms with van der Waals surface area (Å²) in [6, 6.07) is 5.18. The van der Waals surface area contributed by atoms with Crippen molar-refractivity contribution in [1.29, 1.82) is 0 Å². The number of nitrogens with two attached hydrogens (primary N) is 1. The van der Waals surface area contributed by atoms with Crippen LogP contribution >= 0.6 is 0 Å². The normalized spacial score (nSPS) is 18.6. The maximum Gasteiger partial charge on any atom is 0.254 e. The number of sulfone groups is 1. The number of carbonyl (C=O) groups excluding carboxylic acids is 1. The zero-order chi connectivity index (χ0) is 13.3. The molecule has 0 spiro atoms. The smallest absolute Gasteiger partial charge is 0.254 e. The second-order valence-corrected chi connectivity index (χ2v) is 6.82. The van der Waals surface area contributed by atoms with E-state index in [9.17, 15) is 13.2 Å². The Morgan fingerprint density at radius 1 is 1.28 bits per heavy atom. The van der Waals surface area contributed by atoms with Gasteiger partial charge < -0.3 is 10.6 Å². The number of amides is 1. The van der Waals surface area contributed by atoms with Crippen molar-refractivity contribution in [3.05, 3.63) is 29.3 Å². The molecular formula is C12H16N2O3S. The summed E-state index contributed by atoms with van der Waals surface area (Å²) in [6.45, 7) is 2.36. The molecule has 1 saturated heterocycles. The first kappa shape index (κ1) is 12.9. The van der Waals surface area contributed by atoms with Crippen LogP contribution in [0, 0.1) is 6.92 Å². The van der Waals surface area contributed by atoms with Crippen molar-refractivity contribution < 1.29 is 13.2 Å². The fourth-order valence-corrected chi connectivity index (χ4v) is 3.16. The molecule has 1 amide bonds. The highest BCUT2D eigenvalue weighted by Crippen LogP contribution is 2.16. The topological polar surface area (TPSA) is 80.5 Å². The van der Waals surface area contributed by atoms with Crippen LogP contribution in [0.25, 0.3) is 0 Å². The molecule has 1 aliphatic rings. The van der Waals surface area contributed by atoms with Gasteiger partial charge in [0.2, 0.25) is 0 Å². The lowest BCUT2D eigenvalue weighted by atomic mass is 10.1. The van der Waals surface area contributed by atoms with Crippen molar-refractivity contribution in [2.45, 2.75) is 6.92 Å². The van der Waals surface area contributed by atoms with Crippen LogP contribution in [0.1, 0.15) is 15.9 Å². The first-order valence-corrected chi connectivity index (χ1v) is 7.57. The molecular weight excluding hydrogens is 252 g/mol. The number of carbonyl (C=O) groups is 1. The molecule has 98 valence electrons. The molecule has 0 unspecified atom stereocenters. The van der Waals surface area contributed by atoms with Crippen molar-refractivity contribution in [2.75, 3.05) is 30.3 Å². The number of aryl methyl sites for hydroxylation is 1. The molecule has 0 aromatic heterocycles. The molecule has 6 heteroatoms. The molecule has 1 heterocycles. The summed E-state index contributed by atoms with van der Waals surface area (Å²) >= 11 is 0. The molecule has 2 N–H and O–H groups in total. The summed E-state index contributed by atoms with van der Waals surface area (Å²) in [5.41, 5.74) is 7.61. The first-order chi connectivity index (χ1) is 8.39. The Morgan fingerprint density at radius 3 is 2.50 bits per heavy atom. The van der Waals surface area contributed by atoms with E-state index in [-0.39, 0.29) is 30.5 Å². The number of nitrogen functional groups attached to an aromatic ring is 1. The lowest BCUT2D eigenvalue weighted by molar-refractivity contribution is 0.0769. The lowest BCUT2D eigenvalue weighted by Gasteiger charge is -2.27. The predicted molar refractivity (Wildman–Crippen MR) is 70.1 cm³/mol. The predicted octanol–water partition coefficient (Wildman–Crippen LogP) is 0.448. The van der Waals surface area contributed by atoms with Gasteiger partial charge in [-0.1, -0.05) is 6.07 Å². The monoisotopic (exact) mass is 268 g/mol. The van der Waals surface area contributed by atoms with Crippen molar-refractivity contribution in [3.63, 3.8) is 0 Å². The quantitative estimate of drug-likeness (QED) is 0.750. The van der Waals surface area contributed by atoms with E-state index in [4.69, 9.17) is 5.73 Å². The Morgan fingerprint density at radius 2 is 1.89 bits per heavy atom. The molecule has 1 aliphatic heterocycles. The van der Waals surface area contributed by atoms with E-state index in [2.05, 4.69) is 0 Å². The van der Waals surface area contributed by atoms with Gasteiger partial charge in [0.25, 0.3) is 5.91 Å². The average Bonchev–Trinajstić information content (AvgIpc) is 2.31. The largest absolute Gasteiger partial charge is 0.399 e. The number of hydrogen-bond donors (Lipinski definition) is 1. The van der Waals surface area contributed by atoms with Gasteiger partial charge in [-0.15, -0.1) is 0 Å². The molecule has 0 aliphatic carbocycles. The molecule has 5 nitrogen and oxygen atoms in total. The zero-order valence-corrected chi connectivity index (χ0v) is 11.0. The van der Waals surface area contributed by atoms with Crippen molar-refractivity contribution in [1.82, 2.24) is 4.90 Å². The van der Waals surface area contributed by atoms with Crippen LogP contribution in [0.5, 0.6) is 0 Å². The van der Waals surface area contributed by atoms with Gasteiger partial charge in [-0.05, 0) is 24.6 Å². The summed E-state index contributed by atoms with van der Waals surface area (Å²) in [5.74, 6) is -0.0603. The first-order valence-electron chi connectivity index (χ1n) is 5.75. The van der Waals surface area contributed by atoms with E-state index in [1.807, 2.05) is 6.92 Å². The van der Waals surface area contributed by atoms with Crippen LogP contribution < -0.4 is 5.73 Å². The molecule has 1 fully saturated rings. The maximum absolute atomic E-state index is 12.3. The maximum atomic E-state index is 12.3. The molecule has 2 rings (SSSR count). The highest BCUT2D eigenvalue weighted by atomic mass is 32.2. The molecule has 18 heavy (non-hydrogen) atoms. The minimum atomic E-state index is -2.97. The third-order valence-electron chi connectivity index (χ3n) is 3.12. The molecule has 0 saturated carbocycles. The summed E-state index contributed by atoms with van der Waals surface area (Å²) in [7, 11) is -2.97. The van der Waals surface area contributed by atoms with E-state index in [1.54, 1.807) is 23.1 Å². The fourth-order valence-electron chi connectivity index (χ4n) is 1.96. The number of nitrogens with zero attached hydrogens (tertiary/aromatic N) is 1. The second-order valence-electron chi connectivity index (χ2n) is 4.52. The SMILES string of the molecule is Cc1ccc(N)cc1C(=O)N1CCS(=O)(=O)CC1. The van der Waals surface area contributed by atoms with Gasteiger partial charge >= 0.3 is 0 Å². The third-order valence-corrected chi connectivity index (χ3v) is 4.73. The number of hydrogen-bond acceptors (Lipinski definition) is 4. The Kier molecular flexibility index (Phi) is 3.30. The van der Waals surface area contributed by atoms with E-state index in [0.717, 1.165) is 5.56 Å². The minimum Gasteiger partial charge on any atom is -0.399 e. The zero-order valence-electron chi connectivity index (χ0n) is 10.2. The molecule has 0 radical (unpaired) electrons. The molecule has 0 atom stereocenters. The molecule has 1 aromatic rings. The van der Waals surface area contributed by atoms with Crippen LogP contribution in [0.15, 0.2) is 18.2 Å². The standard InChI is InChI=1S/C12H16N2O3S/c1-9-2-3-10(13)8-11(9)12(15)14-4-6-18(16,17)7-5-14/h2-3,8H,4-7,13H2,1H3. The summed E-state index contributed by atoms with van der Waals surface area (Å²) in [5, 5.41) is 0. The van der Waals surface area contributed by atoms with Crippen molar-refractivity contribution >= 4 is 21.4 Å². The van der Waals surface area contributed by atoms with Crippen LogP contribution in [-0.4, -0.2) is 43.8 Å². The van der Waals surface area contributed by atoms with Gasteiger partial charge in [-0.2, -0.15) is 0 Å². The number of benzene rings is 1. The highest BCUT2D eigenvalue weighted by Gasteiger charge is 2.26. The third kappa shape index (κ3) is 2.64. The summed E-state index contributed by atoms with van der Waals surface area (Å²) < 4.78 is 22.6. The Bertz CT molecular complexity index is 567. The Labute approximate surface area is 107 Å². The average molecular weight is 268 g/mol. The molecule has 0 bridgehead atoms. The van der Waals surface area contributed by atoms with Crippen LogP contribution in [-0.2, 0) is 9.84 Å². The van der Waals surface area contributed by atoms with Gasteiger partial charge in [0.05, 0.1) is 11.5 Å². The van der Waals surface area contributed by atoms with Crippen molar-refractivity contribution in [3.8, 4) is 0 Å². The lowest BCUT2D eigenvalue weighted by Crippen LogP contribution is -2.43. The minimum absolute atomic E-state index is 0.0418. The van der Waals surface area contributed by atoms with Gasteiger partial charge in [0, 0.05) is 24.3 Å². The van der Waals surface area contributed by atoms with E-state index in [0.29, 0.717) is 11.3 Å². The highest BCUT2D eigenvalue weighted by molar-refractivity contribution is 7.91. The van der Waals surface area contributed by atoms with Gasteiger partial charge in [-0.25, -0.2) is 8.42 Å². The Balaban J connectivity index is 2.20. The van der Waals surface area contributed by atoms with E-state index < -0.39 is 9.84 Å². The van der Waals surface area contributed by atoms with Crippen molar-refractivity contribution in [2.24, 2.45) is 0 Å². The van der Waals surface area contributed by atoms with Crippen LogP contribution in [0.4, 0.5) is 5.69 Å². The number of rotatable bonds is 1. The van der Waals surface area contributed by atoms with Gasteiger partial charge in [0.1, 0.15) is 0 Å². The van der Waals surface area contributed by atoms with Gasteiger partial charge in [0.15, 0.2) is 9.84 Å². The van der Waals surface area contributed by atoms with E-state index in [1.165, 1.54) is 0 Å². The van der Waals surface area contributed by atoms with Crippen LogP contribution in [0.2, 0.25) is 0 Å².